The van der Waals surface area contributed by atoms with Crippen molar-refractivity contribution in [2.24, 2.45) is 0 Å². The molecule has 0 aliphatic carbocycles. The molecule has 0 bridgehead atoms. The van der Waals surface area contributed by atoms with Gasteiger partial charge in [-0.3, -0.25) is 9.69 Å². The summed E-state index contributed by atoms with van der Waals surface area (Å²) < 4.78 is 10.9. The van der Waals surface area contributed by atoms with Crippen LogP contribution in [0.5, 0.6) is 5.75 Å². The highest BCUT2D eigenvalue weighted by Crippen LogP contribution is 2.29. The molecule has 0 N–H and O–H groups in total. The van der Waals surface area contributed by atoms with Gasteiger partial charge < -0.3 is 9.47 Å². The molecule has 2 aliphatic rings. The average Bonchev–Trinajstić information content (AvgIpc) is 2.94. The number of Topliss-reactive ketones (excluding diaryl/α,β-unsaturated/α-hetero) is 1. The summed E-state index contributed by atoms with van der Waals surface area (Å²) in [6.45, 7) is 7.76. The van der Waals surface area contributed by atoms with E-state index in [4.69, 9.17) is 9.47 Å². The molecular formula is C16H21NO3. The molecule has 20 heavy (non-hydrogen) atoms. The minimum atomic E-state index is -0.489. The third-order valence-electron chi connectivity index (χ3n) is 4.31. The first-order chi connectivity index (χ1) is 9.59. The molecule has 0 radical (unpaired) electrons. The predicted octanol–water partition coefficient (Wildman–Crippen LogP) is 1.91. The SMILES string of the molecule is CC(C)(C(=O)c1ccc2c(c1)CCO2)N1CCOCC1. The maximum atomic E-state index is 12.8. The van der Waals surface area contributed by atoms with Crippen LogP contribution in [0.15, 0.2) is 18.2 Å². The number of benzene rings is 1. The van der Waals surface area contributed by atoms with E-state index in [-0.39, 0.29) is 5.78 Å². The van der Waals surface area contributed by atoms with E-state index in [0.29, 0.717) is 13.2 Å². The van der Waals surface area contributed by atoms with Crippen LogP contribution in [0.2, 0.25) is 0 Å². The van der Waals surface area contributed by atoms with Crippen molar-refractivity contribution in [2.75, 3.05) is 32.9 Å². The van der Waals surface area contributed by atoms with Gasteiger partial charge in [-0.2, -0.15) is 0 Å². The number of ether oxygens (including phenoxy) is 2. The van der Waals surface area contributed by atoms with Gasteiger partial charge in [-0.15, -0.1) is 0 Å². The van der Waals surface area contributed by atoms with Gasteiger partial charge in [-0.05, 0) is 37.6 Å². The Balaban J connectivity index is 1.83. The molecule has 0 unspecified atom stereocenters. The molecule has 2 heterocycles. The van der Waals surface area contributed by atoms with Crippen LogP contribution < -0.4 is 4.74 Å². The highest BCUT2D eigenvalue weighted by molar-refractivity contribution is 6.03. The van der Waals surface area contributed by atoms with Crippen LogP contribution in [0.1, 0.15) is 29.8 Å². The van der Waals surface area contributed by atoms with Crippen molar-refractivity contribution in [2.45, 2.75) is 25.8 Å². The van der Waals surface area contributed by atoms with Crippen molar-refractivity contribution in [3.05, 3.63) is 29.3 Å². The summed E-state index contributed by atoms with van der Waals surface area (Å²) in [6.07, 6.45) is 0.897. The Hall–Kier alpha value is -1.39. The second-order valence-electron chi connectivity index (χ2n) is 5.91. The molecule has 0 amide bonds. The monoisotopic (exact) mass is 275 g/mol. The Kier molecular flexibility index (Phi) is 3.52. The molecular weight excluding hydrogens is 254 g/mol. The number of fused-ring (bicyclic) bond motifs is 1. The van der Waals surface area contributed by atoms with Gasteiger partial charge in [0, 0.05) is 25.1 Å². The number of ketones is 1. The molecule has 1 fully saturated rings. The number of rotatable bonds is 3. The van der Waals surface area contributed by atoms with Crippen LogP contribution >= 0.6 is 0 Å². The number of hydrogen-bond acceptors (Lipinski definition) is 4. The first-order valence-electron chi connectivity index (χ1n) is 7.22. The van der Waals surface area contributed by atoms with Crippen molar-refractivity contribution in [1.29, 1.82) is 0 Å². The first kappa shape index (κ1) is 13.6. The molecule has 1 aromatic carbocycles. The fourth-order valence-corrected chi connectivity index (χ4v) is 2.95. The Labute approximate surface area is 119 Å². The predicted molar refractivity (Wildman–Crippen MR) is 76.4 cm³/mol. The van der Waals surface area contributed by atoms with E-state index in [1.165, 1.54) is 0 Å². The highest BCUT2D eigenvalue weighted by atomic mass is 16.5. The number of morpholine rings is 1. The lowest BCUT2D eigenvalue weighted by atomic mass is 9.90. The summed E-state index contributed by atoms with van der Waals surface area (Å²) in [7, 11) is 0. The van der Waals surface area contributed by atoms with Crippen molar-refractivity contribution >= 4 is 5.78 Å². The molecule has 2 aliphatic heterocycles. The average molecular weight is 275 g/mol. The Morgan fingerprint density at radius 1 is 1.20 bits per heavy atom. The molecule has 0 spiro atoms. The van der Waals surface area contributed by atoms with Crippen LogP contribution in [0.4, 0.5) is 0 Å². The van der Waals surface area contributed by atoms with E-state index >= 15 is 0 Å². The van der Waals surface area contributed by atoms with Crippen LogP contribution in [0.25, 0.3) is 0 Å². The van der Waals surface area contributed by atoms with Gasteiger partial charge in [0.25, 0.3) is 0 Å². The highest BCUT2D eigenvalue weighted by Gasteiger charge is 2.36. The topological polar surface area (TPSA) is 38.8 Å². The number of carbonyl (C=O) groups excluding carboxylic acids is 1. The second kappa shape index (κ2) is 5.19. The van der Waals surface area contributed by atoms with Crippen molar-refractivity contribution in [3.63, 3.8) is 0 Å². The third kappa shape index (κ3) is 2.34. The van der Waals surface area contributed by atoms with Gasteiger partial charge >= 0.3 is 0 Å². The van der Waals surface area contributed by atoms with Gasteiger partial charge in [0.1, 0.15) is 5.75 Å². The Morgan fingerprint density at radius 2 is 1.95 bits per heavy atom. The lowest BCUT2D eigenvalue weighted by molar-refractivity contribution is -0.00430. The normalized spacial score (nSPS) is 19.5. The van der Waals surface area contributed by atoms with Gasteiger partial charge in [-0.1, -0.05) is 0 Å². The zero-order valence-corrected chi connectivity index (χ0v) is 12.1. The smallest absolute Gasteiger partial charge is 0.182 e. The van der Waals surface area contributed by atoms with Crippen molar-refractivity contribution in [3.8, 4) is 5.75 Å². The summed E-state index contributed by atoms with van der Waals surface area (Å²) >= 11 is 0. The fraction of sp³-hybridized carbons (Fsp3) is 0.562. The van der Waals surface area contributed by atoms with E-state index in [9.17, 15) is 4.79 Å². The second-order valence-corrected chi connectivity index (χ2v) is 5.91. The minimum absolute atomic E-state index is 0.175. The number of carbonyl (C=O) groups is 1. The maximum absolute atomic E-state index is 12.8. The van der Waals surface area contributed by atoms with Crippen molar-refractivity contribution < 1.29 is 14.3 Å². The fourth-order valence-electron chi connectivity index (χ4n) is 2.95. The van der Waals surface area contributed by atoms with Gasteiger partial charge in [0.2, 0.25) is 0 Å². The van der Waals surface area contributed by atoms with Crippen molar-refractivity contribution in [1.82, 2.24) is 4.90 Å². The molecule has 3 rings (SSSR count). The third-order valence-corrected chi connectivity index (χ3v) is 4.31. The van der Waals surface area contributed by atoms with Crippen LogP contribution in [0, 0.1) is 0 Å². The summed E-state index contributed by atoms with van der Waals surface area (Å²) in [6, 6.07) is 5.80. The molecule has 0 aromatic heterocycles. The van der Waals surface area contributed by atoms with E-state index in [2.05, 4.69) is 4.90 Å². The van der Waals surface area contributed by atoms with Crippen LogP contribution in [-0.2, 0) is 11.2 Å². The van der Waals surface area contributed by atoms with E-state index in [1.54, 1.807) is 0 Å². The number of hydrogen-bond donors (Lipinski definition) is 0. The van der Waals surface area contributed by atoms with Crippen LogP contribution in [-0.4, -0.2) is 49.1 Å². The summed E-state index contributed by atoms with van der Waals surface area (Å²) in [5.74, 6) is 1.10. The zero-order valence-electron chi connectivity index (χ0n) is 12.1. The summed E-state index contributed by atoms with van der Waals surface area (Å²) in [5.41, 5.74) is 1.44. The van der Waals surface area contributed by atoms with E-state index in [0.717, 1.165) is 43.0 Å². The summed E-state index contributed by atoms with van der Waals surface area (Å²) in [4.78, 5) is 15.1. The zero-order chi connectivity index (χ0) is 14.2. The van der Waals surface area contributed by atoms with Crippen LogP contribution in [0.3, 0.4) is 0 Å². The van der Waals surface area contributed by atoms with Gasteiger partial charge in [-0.25, -0.2) is 0 Å². The standard InChI is InChI=1S/C16H21NO3/c1-16(2,17-6-9-19-10-7-17)15(18)13-3-4-14-12(11-13)5-8-20-14/h3-4,11H,5-10H2,1-2H3. The minimum Gasteiger partial charge on any atom is -0.493 e. The summed E-state index contributed by atoms with van der Waals surface area (Å²) in [5, 5.41) is 0. The Morgan fingerprint density at radius 3 is 2.70 bits per heavy atom. The molecule has 4 nitrogen and oxygen atoms in total. The molecule has 0 saturated carbocycles. The van der Waals surface area contributed by atoms with E-state index in [1.807, 2.05) is 32.0 Å². The molecule has 0 atom stereocenters. The maximum Gasteiger partial charge on any atom is 0.182 e. The lowest BCUT2D eigenvalue weighted by Gasteiger charge is -2.39. The van der Waals surface area contributed by atoms with Gasteiger partial charge in [0.15, 0.2) is 5.78 Å². The molecule has 1 saturated heterocycles. The Bertz CT molecular complexity index is 518. The molecule has 4 heteroatoms. The first-order valence-corrected chi connectivity index (χ1v) is 7.22. The van der Waals surface area contributed by atoms with E-state index < -0.39 is 5.54 Å². The largest absolute Gasteiger partial charge is 0.493 e. The molecule has 1 aromatic rings. The quantitative estimate of drug-likeness (QED) is 0.790. The number of nitrogens with zero attached hydrogens (tertiary/aromatic N) is 1. The lowest BCUT2D eigenvalue weighted by Crippen LogP contribution is -2.54. The molecule has 108 valence electrons. The van der Waals surface area contributed by atoms with Gasteiger partial charge in [0.05, 0.1) is 25.4 Å².